The van der Waals surface area contributed by atoms with Crippen molar-refractivity contribution in [3.8, 4) is 0 Å². The Balaban J connectivity index is 1.73. The monoisotopic (exact) mass is 342 g/mol. The second-order valence-electron chi connectivity index (χ2n) is 5.93. The summed E-state index contributed by atoms with van der Waals surface area (Å²) in [7, 11) is 0. The average molecular weight is 342 g/mol. The number of nitrogens with zero attached hydrogens (tertiary/aromatic N) is 3. The molecule has 1 fully saturated rings. The van der Waals surface area contributed by atoms with E-state index in [2.05, 4.69) is 15.5 Å². The van der Waals surface area contributed by atoms with Crippen LogP contribution in [0.3, 0.4) is 0 Å². The van der Waals surface area contributed by atoms with Gasteiger partial charge in [0.25, 0.3) is 17.7 Å². The van der Waals surface area contributed by atoms with Gasteiger partial charge in [0.1, 0.15) is 11.0 Å². The molecule has 0 atom stereocenters. The first-order chi connectivity index (χ1) is 11.6. The van der Waals surface area contributed by atoms with Crippen molar-refractivity contribution in [3.05, 3.63) is 40.9 Å². The molecule has 7 nitrogen and oxygen atoms in total. The summed E-state index contributed by atoms with van der Waals surface area (Å²) in [6.45, 7) is 0. The number of aromatic nitrogens is 2. The quantitative estimate of drug-likeness (QED) is 0.862. The molecule has 3 amide bonds. The van der Waals surface area contributed by atoms with Crippen molar-refractivity contribution < 1.29 is 14.4 Å². The summed E-state index contributed by atoms with van der Waals surface area (Å²) >= 11 is 1.20. The van der Waals surface area contributed by atoms with Crippen molar-refractivity contribution in [1.29, 1.82) is 0 Å². The lowest BCUT2D eigenvalue weighted by Crippen LogP contribution is -2.57. The Morgan fingerprint density at radius 2 is 1.75 bits per heavy atom. The predicted molar refractivity (Wildman–Crippen MR) is 86.7 cm³/mol. The van der Waals surface area contributed by atoms with Gasteiger partial charge in [0.15, 0.2) is 0 Å². The highest BCUT2D eigenvalue weighted by Gasteiger charge is 2.54. The normalized spacial score (nSPS) is 18.8. The topological polar surface area (TPSA) is 92.3 Å². The zero-order valence-corrected chi connectivity index (χ0v) is 13.5. The summed E-state index contributed by atoms with van der Waals surface area (Å²) in [5, 5.41) is 10.6. The summed E-state index contributed by atoms with van der Waals surface area (Å²) in [6.07, 6.45) is 2.50. The Labute approximate surface area is 141 Å². The lowest BCUT2D eigenvalue weighted by Gasteiger charge is -2.35. The summed E-state index contributed by atoms with van der Waals surface area (Å²) in [5.41, 5.74) is 1.08. The Kier molecular flexibility index (Phi) is 3.42. The lowest BCUT2D eigenvalue weighted by atomic mass is 9.93. The van der Waals surface area contributed by atoms with Crippen molar-refractivity contribution >= 4 is 34.2 Å². The number of fused-ring (bicyclic) bond motifs is 1. The van der Waals surface area contributed by atoms with E-state index in [9.17, 15) is 14.4 Å². The van der Waals surface area contributed by atoms with Crippen LogP contribution in [0, 0.1) is 0 Å². The third kappa shape index (κ3) is 2.06. The van der Waals surface area contributed by atoms with Crippen LogP contribution in [0.1, 0.15) is 46.4 Å². The van der Waals surface area contributed by atoms with Gasteiger partial charge in [0, 0.05) is 0 Å². The molecule has 0 bridgehead atoms. The molecule has 1 aromatic heterocycles. The maximum atomic E-state index is 12.9. The number of hydrogen-bond donors (Lipinski definition) is 1. The van der Waals surface area contributed by atoms with Gasteiger partial charge in [0.05, 0.1) is 11.1 Å². The van der Waals surface area contributed by atoms with Crippen molar-refractivity contribution in [1.82, 2.24) is 15.1 Å². The van der Waals surface area contributed by atoms with Crippen molar-refractivity contribution in [2.24, 2.45) is 0 Å². The molecule has 1 saturated carbocycles. The highest BCUT2D eigenvalue weighted by Crippen LogP contribution is 2.41. The predicted octanol–water partition coefficient (Wildman–Crippen LogP) is 2.09. The van der Waals surface area contributed by atoms with Crippen LogP contribution in [0.4, 0.5) is 5.13 Å². The summed E-state index contributed by atoms with van der Waals surface area (Å²) in [6, 6.07) is 6.69. The van der Waals surface area contributed by atoms with Gasteiger partial charge < -0.3 is 0 Å². The Bertz CT molecular complexity index is 793. The van der Waals surface area contributed by atoms with E-state index in [-0.39, 0.29) is 5.91 Å². The molecule has 0 radical (unpaired) electrons. The van der Waals surface area contributed by atoms with Crippen LogP contribution in [0.5, 0.6) is 0 Å². The van der Waals surface area contributed by atoms with E-state index in [0.29, 0.717) is 29.1 Å². The van der Waals surface area contributed by atoms with Crippen LogP contribution in [0.15, 0.2) is 29.8 Å². The van der Waals surface area contributed by atoms with E-state index < -0.39 is 17.4 Å². The molecule has 1 N–H and O–H groups in total. The number of rotatable bonds is 3. The number of nitrogens with one attached hydrogen (secondary N) is 1. The van der Waals surface area contributed by atoms with Gasteiger partial charge in [0.2, 0.25) is 5.13 Å². The summed E-state index contributed by atoms with van der Waals surface area (Å²) in [4.78, 5) is 39.7. The molecular formula is C16H14N4O3S. The molecule has 1 aromatic carbocycles. The molecule has 2 aliphatic rings. The van der Waals surface area contributed by atoms with Gasteiger partial charge in [-0.1, -0.05) is 36.3 Å². The summed E-state index contributed by atoms with van der Waals surface area (Å²) in [5.74, 6) is -1.17. The van der Waals surface area contributed by atoms with Crippen LogP contribution in [-0.4, -0.2) is 38.4 Å². The van der Waals surface area contributed by atoms with E-state index in [1.165, 1.54) is 16.8 Å². The second kappa shape index (κ2) is 5.48. The zero-order valence-electron chi connectivity index (χ0n) is 12.7. The smallest absolute Gasteiger partial charge is 0.262 e. The fourth-order valence-corrected chi connectivity index (χ4v) is 3.97. The SMILES string of the molecule is O=C1c2ccccc2C(=O)N1C1(C(=O)Nc2nncs2)CCCC1. The van der Waals surface area contributed by atoms with Gasteiger partial charge in [-0.3, -0.25) is 24.6 Å². The number of anilines is 1. The van der Waals surface area contributed by atoms with Crippen LogP contribution in [-0.2, 0) is 4.79 Å². The molecule has 122 valence electrons. The third-order valence-corrected chi connectivity index (χ3v) is 5.26. The standard InChI is InChI=1S/C16H14N4O3S/c21-12-10-5-1-2-6-11(10)13(22)20(12)16(7-3-4-8-16)14(23)18-15-19-17-9-24-15/h1-2,5-6,9H,3-4,7-8H2,(H,18,19,23). The molecule has 1 aliphatic heterocycles. The van der Waals surface area contributed by atoms with Gasteiger partial charge in [-0.25, -0.2) is 0 Å². The zero-order chi connectivity index (χ0) is 16.7. The molecule has 2 aromatic rings. The lowest BCUT2D eigenvalue weighted by molar-refractivity contribution is -0.125. The molecule has 0 spiro atoms. The first kappa shape index (κ1) is 14.9. The van der Waals surface area contributed by atoms with Gasteiger partial charge >= 0.3 is 0 Å². The van der Waals surface area contributed by atoms with Crippen LogP contribution in [0.25, 0.3) is 0 Å². The Morgan fingerprint density at radius 3 is 2.29 bits per heavy atom. The van der Waals surface area contributed by atoms with Gasteiger partial charge in [-0.05, 0) is 25.0 Å². The highest BCUT2D eigenvalue weighted by molar-refractivity contribution is 7.13. The van der Waals surface area contributed by atoms with Gasteiger partial charge in [-0.15, -0.1) is 10.2 Å². The van der Waals surface area contributed by atoms with Crippen LogP contribution < -0.4 is 5.32 Å². The van der Waals surface area contributed by atoms with Crippen molar-refractivity contribution in [3.63, 3.8) is 0 Å². The fraction of sp³-hybridized carbons (Fsp3) is 0.312. The number of benzene rings is 1. The van der Waals surface area contributed by atoms with E-state index in [1.807, 2.05) is 0 Å². The van der Waals surface area contributed by atoms with E-state index >= 15 is 0 Å². The maximum absolute atomic E-state index is 12.9. The Morgan fingerprint density at radius 1 is 1.12 bits per heavy atom. The van der Waals surface area contributed by atoms with E-state index in [1.54, 1.807) is 24.3 Å². The van der Waals surface area contributed by atoms with E-state index in [0.717, 1.165) is 17.7 Å². The number of amides is 3. The van der Waals surface area contributed by atoms with Crippen LogP contribution >= 0.6 is 11.3 Å². The first-order valence-electron chi connectivity index (χ1n) is 7.69. The molecule has 8 heteroatoms. The molecular weight excluding hydrogens is 328 g/mol. The number of hydrogen-bond acceptors (Lipinski definition) is 6. The van der Waals surface area contributed by atoms with Crippen LogP contribution in [0.2, 0.25) is 0 Å². The fourth-order valence-electron chi connectivity index (χ4n) is 3.53. The maximum Gasteiger partial charge on any atom is 0.262 e. The molecule has 2 heterocycles. The van der Waals surface area contributed by atoms with Crippen molar-refractivity contribution in [2.45, 2.75) is 31.2 Å². The average Bonchev–Trinajstić information content (AvgIpc) is 3.31. The third-order valence-electron chi connectivity index (χ3n) is 4.66. The molecule has 1 aliphatic carbocycles. The second-order valence-corrected chi connectivity index (χ2v) is 6.76. The minimum Gasteiger partial charge on any atom is -0.298 e. The first-order valence-corrected chi connectivity index (χ1v) is 8.57. The van der Waals surface area contributed by atoms with Crippen molar-refractivity contribution in [2.75, 3.05) is 5.32 Å². The molecule has 0 unspecified atom stereocenters. The minimum atomic E-state index is -1.15. The molecule has 0 saturated heterocycles. The van der Waals surface area contributed by atoms with E-state index in [4.69, 9.17) is 0 Å². The number of imide groups is 1. The number of carbonyl (C=O) groups excluding carboxylic acids is 3. The summed E-state index contributed by atoms with van der Waals surface area (Å²) < 4.78 is 0. The highest BCUT2D eigenvalue weighted by atomic mass is 32.1. The largest absolute Gasteiger partial charge is 0.298 e. The number of carbonyl (C=O) groups is 3. The minimum absolute atomic E-state index is 0.359. The van der Waals surface area contributed by atoms with Gasteiger partial charge in [-0.2, -0.15) is 0 Å². The molecule has 4 rings (SSSR count). The Hall–Kier alpha value is -2.61. The molecule has 24 heavy (non-hydrogen) atoms.